The summed E-state index contributed by atoms with van der Waals surface area (Å²) in [6.07, 6.45) is 7.75. The fourth-order valence-electron chi connectivity index (χ4n) is 4.61. The highest BCUT2D eigenvalue weighted by atomic mass is 32.2. The highest BCUT2D eigenvalue weighted by molar-refractivity contribution is 7.89. The number of hydrogen-bond acceptors (Lipinski definition) is 5. The Hall–Kier alpha value is -1.31. The Morgan fingerprint density at radius 2 is 1.77 bits per heavy atom. The van der Waals surface area contributed by atoms with Crippen LogP contribution in [0.1, 0.15) is 44.9 Å². The molecule has 3 rings (SSSR count). The molecule has 6 nitrogen and oxygen atoms in total. The molecule has 1 aliphatic carbocycles. The average molecular weight is 437 g/mol. The van der Waals surface area contributed by atoms with E-state index in [1.54, 1.807) is 0 Å². The maximum Gasteiger partial charge on any atom is 0.211 e. The van der Waals surface area contributed by atoms with Gasteiger partial charge in [-0.15, -0.1) is 0 Å². The van der Waals surface area contributed by atoms with E-state index in [9.17, 15) is 8.42 Å². The monoisotopic (exact) mass is 436 g/mol. The topological polar surface area (TPSA) is 55.9 Å². The van der Waals surface area contributed by atoms with Crippen molar-refractivity contribution in [2.75, 3.05) is 68.9 Å². The number of sulfonamides is 1. The minimum absolute atomic E-state index is 0.323. The number of nitrogens with zero attached hydrogens (tertiary/aromatic N) is 3. The highest BCUT2D eigenvalue weighted by Crippen LogP contribution is 2.25. The molecule has 2 fully saturated rings. The van der Waals surface area contributed by atoms with Crippen LogP contribution in [0.3, 0.4) is 0 Å². The van der Waals surface area contributed by atoms with Crippen molar-refractivity contribution < 1.29 is 8.42 Å². The molecular formula is C23H40N4O2S. The number of rotatable bonds is 10. The fraction of sp³-hybridized carbons (Fsp3) is 0.739. The van der Waals surface area contributed by atoms with Gasteiger partial charge < -0.3 is 9.80 Å². The molecule has 30 heavy (non-hydrogen) atoms. The van der Waals surface area contributed by atoms with Crippen LogP contribution in [0.15, 0.2) is 24.3 Å². The van der Waals surface area contributed by atoms with Gasteiger partial charge in [0.25, 0.3) is 0 Å². The molecule has 0 aromatic heterocycles. The number of nitrogens with one attached hydrogen (secondary N) is 1. The number of anilines is 2. The summed E-state index contributed by atoms with van der Waals surface area (Å²) >= 11 is 0. The van der Waals surface area contributed by atoms with Crippen LogP contribution in [0.5, 0.6) is 0 Å². The molecule has 1 aromatic rings. The molecular weight excluding hydrogens is 396 g/mol. The van der Waals surface area contributed by atoms with E-state index in [4.69, 9.17) is 0 Å². The molecule has 0 bridgehead atoms. The first-order valence-electron chi connectivity index (χ1n) is 11.6. The first-order chi connectivity index (χ1) is 14.4. The largest absolute Gasteiger partial charge is 0.378 e. The lowest BCUT2D eigenvalue weighted by Crippen LogP contribution is -2.46. The van der Waals surface area contributed by atoms with E-state index in [1.165, 1.54) is 30.6 Å². The smallest absolute Gasteiger partial charge is 0.211 e. The van der Waals surface area contributed by atoms with Crippen molar-refractivity contribution in [3.8, 4) is 0 Å². The number of piperazine rings is 1. The summed E-state index contributed by atoms with van der Waals surface area (Å²) < 4.78 is 27.4. The molecule has 1 heterocycles. The van der Waals surface area contributed by atoms with Crippen LogP contribution < -0.4 is 14.5 Å². The van der Waals surface area contributed by atoms with Crippen molar-refractivity contribution >= 4 is 21.4 Å². The zero-order valence-electron chi connectivity index (χ0n) is 18.9. The molecule has 0 unspecified atom stereocenters. The van der Waals surface area contributed by atoms with Crippen LogP contribution in [0.25, 0.3) is 0 Å². The molecule has 170 valence electrons. The van der Waals surface area contributed by atoms with Crippen molar-refractivity contribution in [1.29, 1.82) is 0 Å². The fourth-order valence-corrected chi connectivity index (χ4v) is 6.14. The van der Waals surface area contributed by atoms with E-state index >= 15 is 0 Å². The van der Waals surface area contributed by atoms with Gasteiger partial charge in [-0.25, -0.2) is 13.1 Å². The number of benzene rings is 1. The molecule has 1 aromatic carbocycles. The second-order valence-electron chi connectivity index (χ2n) is 9.13. The van der Waals surface area contributed by atoms with Crippen LogP contribution in [0.4, 0.5) is 11.4 Å². The minimum Gasteiger partial charge on any atom is -0.378 e. The van der Waals surface area contributed by atoms with E-state index in [2.05, 4.69) is 57.8 Å². The predicted octanol–water partition coefficient (Wildman–Crippen LogP) is 3.15. The summed E-state index contributed by atoms with van der Waals surface area (Å²) in [6.45, 7) is 5.86. The van der Waals surface area contributed by atoms with E-state index in [-0.39, 0.29) is 0 Å². The van der Waals surface area contributed by atoms with E-state index < -0.39 is 10.0 Å². The summed E-state index contributed by atoms with van der Waals surface area (Å²) in [5.74, 6) is 0.690. The van der Waals surface area contributed by atoms with Gasteiger partial charge in [-0.2, -0.15) is 0 Å². The van der Waals surface area contributed by atoms with E-state index in [0.29, 0.717) is 18.2 Å². The van der Waals surface area contributed by atoms with E-state index in [1.807, 2.05) is 0 Å². The van der Waals surface area contributed by atoms with Crippen molar-refractivity contribution in [2.45, 2.75) is 44.9 Å². The first-order valence-corrected chi connectivity index (χ1v) is 13.3. The van der Waals surface area contributed by atoms with Gasteiger partial charge in [0, 0.05) is 58.2 Å². The lowest BCUT2D eigenvalue weighted by Gasteiger charge is -2.36. The summed E-state index contributed by atoms with van der Waals surface area (Å²) in [4.78, 5) is 7.11. The van der Waals surface area contributed by atoms with Gasteiger partial charge in [0.1, 0.15) is 0 Å². The molecule has 7 heteroatoms. The van der Waals surface area contributed by atoms with Gasteiger partial charge in [-0.3, -0.25) is 4.90 Å². The number of unbranched alkanes of at least 4 members (excludes halogenated alkanes) is 1. The number of hydrogen-bond donors (Lipinski definition) is 1. The van der Waals surface area contributed by atoms with Crippen LogP contribution in [0.2, 0.25) is 0 Å². The summed E-state index contributed by atoms with van der Waals surface area (Å²) in [5.41, 5.74) is 2.54. The van der Waals surface area contributed by atoms with Crippen molar-refractivity contribution in [3.05, 3.63) is 24.3 Å². The SMILES string of the molecule is CN(C)c1cccc(N2CCN(CCCCNS(=O)(=O)CC3CCCCC3)CC2)c1. The summed E-state index contributed by atoms with van der Waals surface area (Å²) in [5, 5.41) is 0. The Kier molecular flexibility index (Phi) is 8.84. The second kappa shape index (κ2) is 11.3. The van der Waals surface area contributed by atoms with Gasteiger partial charge in [0.2, 0.25) is 10.0 Å². The molecule has 1 saturated carbocycles. The normalized spacial score (nSPS) is 19.2. The third-order valence-corrected chi connectivity index (χ3v) is 8.04. The third-order valence-electron chi connectivity index (χ3n) is 6.49. The molecule has 0 amide bonds. The third kappa shape index (κ3) is 7.43. The Bertz CT molecular complexity index is 739. The van der Waals surface area contributed by atoms with Crippen LogP contribution in [0, 0.1) is 5.92 Å². The van der Waals surface area contributed by atoms with Gasteiger partial charge in [0.05, 0.1) is 5.75 Å². The van der Waals surface area contributed by atoms with Crippen molar-refractivity contribution in [3.63, 3.8) is 0 Å². The summed E-state index contributed by atoms with van der Waals surface area (Å²) in [6, 6.07) is 8.73. The van der Waals surface area contributed by atoms with Crippen LogP contribution >= 0.6 is 0 Å². The summed E-state index contributed by atoms with van der Waals surface area (Å²) in [7, 11) is 1.05. The quantitative estimate of drug-likeness (QED) is 0.571. The molecule has 0 spiro atoms. The molecule has 1 aliphatic heterocycles. The maximum atomic E-state index is 12.3. The van der Waals surface area contributed by atoms with Gasteiger partial charge in [0.15, 0.2) is 0 Å². The van der Waals surface area contributed by atoms with Crippen LogP contribution in [-0.2, 0) is 10.0 Å². The minimum atomic E-state index is -3.11. The Balaban J connectivity index is 1.30. The Morgan fingerprint density at radius 3 is 2.47 bits per heavy atom. The Labute approximate surface area is 183 Å². The molecule has 0 atom stereocenters. The highest BCUT2D eigenvalue weighted by Gasteiger charge is 2.21. The zero-order chi connectivity index (χ0) is 21.4. The lowest BCUT2D eigenvalue weighted by atomic mass is 9.91. The molecule has 2 aliphatic rings. The first kappa shape index (κ1) is 23.4. The van der Waals surface area contributed by atoms with Crippen LogP contribution in [-0.4, -0.2) is 72.4 Å². The van der Waals surface area contributed by atoms with Gasteiger partial charge in [-0.1, -0.05) is 25.3 Å². The zero-order valence-corrected chi connectivity index (χ0v) is 19.7. The Morgan fingerprint density at radius 1 is 1.03 bits per heavy atom. The van der Waals surface area contributed by atoms with Crippen molar-refractivity contribution in [2.24, 2.45) is 5.92 Å². The molecule has 0 radical (unpaired) electrons. The van der Waals surface area contributed by atoms with Gasteiger partial charge >= 0.3 is 0 Å². The standard InChI is InChI=1S/C23H40N4O2S/c1-25(2)22-11-8-12-23(19-22)27-17-15-26(16-18-27)14-7-6-13-24-30(28,29)20-21-9-4-3-5-10-21/h8,11-12,19,21,24H,3-7,9-10,13-18,20H2,1-2H3. The molecule has 1 saturated heterocycles. The lowest BCUT2D eigenvalue weighted by molar-refractivity contribution is 0.253. The maximum absolute atomic E-state index is 12.3. The average Bonchev–Trinajstić information content (AvgIpc) is 2.74. The predicted molar refractivity (Wildman–Crippen MR) is 127 cm³/mol. The van der Waals surface area contributed by atoms with Gasteiger partial charge in [-0.05, 0) is 56.3 Å². The second-order valence-corrected chi connectivity index (χ2v) is 11.0. The van der Waals surface area contributed by atoms with E-state index in [0.717, 1.165) is 58.4 Å². The van der Waals surface area contributed by atoms with Crippen molar-refractivity contribution in [1.82, 2.24) is 9.62 Å². The molecule has 1 N–H and O–H groups in total.